The largest absolute Gasteiger partial charge is 0.462 e. The third-order valence-corrected chi connectivity index (χ3v) is 4.66. The average molecular weight is 364 g/mol. The zero-order chi connectivity index (χ0) is 15.5. The molecule has 4 nitrogen and oxygen atoms in total. The predicted molar refractivity (Wildman–Crippen MR) is 74.6 cm³/mol. The number of ether oxygens (including phenoxy) is 1. The Kier molecular flexibility index (Phi) is 6.06. The van der Waals surface area contributed by atoms with Crippen molar-refractivity contribution in [1.29, 1.82) is 0 Å². The minimum Gasteiger partial charge on any atom is -0.462 e. The standard InChI is InChI=1S/C11H10Cl3FO4S/c1-2-3-4-19-11(16)6-5-7(15)9(13)10(8(6)12)20(14,17)18/h5H,2-4H2,1H3. The lowest BCUT2D eigenvalue weighted by Gasteiger charge is -2.10. The van der Waals surface area contributed by atoms with E-state index >= 15 is 0 Å². The highest BCUT2D eigenvalue weighted by Crippen LogP contribution is 2.36. The number of hydrogen-bond acceptors (Lipinski definition) is 4. The molecule has 1 aromatic rings. The molecule has 0 N–H and O–H groups in total. The normalized spacial score (nSPS) is 11.4. The van der Waals surface area contributed by atoms with Crippen molar-refractivity contribution in [2.24, 2.45) is 0 Å². The molecule has 1 aromatic carbocycles. The predicted octanol–water partition coefficient (Wildman–Crippen LogP) is 4.02. The molecule has 0 saturated heterocycles. The van der Waals surface area contributed by atoms with Gasteiger partial charge in [0, 0.05) is 10.7 Å². The van der Waals surface area contributed by atoms with E-state index in [1.165, 1.54) is 0 Å². The van der Waals surface area contributed by atoms with Crippen molar-refractivity contribution in [3.63, 3.8) is 0 Å². The molecule has 0 spiro atoms. The molecule has 112 valence electrons. The highest BCUT2D eigenvalue weighted by Gasteiger charge is 2.28. The summed E-state index contributed by atoms with van der Waals surface area (Å²) in [6, 6.07) is 0.713. The van der Waals surface area contributed by atoms with Gasteiger partial charge in [-0.3, -0.25) is 0 Å². The first-order chi connectivity index (χ1) is 9.20. The summed E-state index contributed by atoms with van der Waals surface area (Å²) in [6.45, 7) is 2.00. The van der Waals surface area contributed by atoms with Crippen molar-refractivity contribution in [3.8, 4) is 0 Å². The summed E-state index contributed by atoms with van der Waals surface area (Å²) in [4.78, 5) is 10.9. The van der Waals surface area contributed by atoms with Crippen LogP contribution in [0, 0.1) is 5.82 Å². The smallest absolute Gasteiger partial charge is 0.339 e. The van der Waals surface area contributed by atoms with Crippen LogP contribution in [0.4, 0.5) is 4.39 Å². The van der Waals surface area contributed by atoms with Crippen LogP contribution in [0.3, 0.4) is 0 Å². The van der Waals surface area contributed by atoms with Gasteiger partial charge in [-0.2, -0.15) is 0 Å². The van der Waals surface area contributed by atoms with Gasteiger partial charge in [0.1, 0.15) is 10.7 Å². The van der Waals surface area contributed by atoms with Gasteiger partial charge < -0.3 is 4.74 Å². The molecule has 0 aliphatic heterocycles. The summed E-state index contributed by atoms with van der Waals surface area (Å²) in [7, 11) is 0.722. The fraction of sp³-hybridized carbons (Fsp3) is 0.364. The highest BCUT2D eigenvalue weighted by molar-refractivity contribution is 8.14. The Balaban J connectivity index is 3.30. The van der Waals surface area contributed by atoms with Crippen LogP contribution in [0.25, 0.3) is 0 Å². The van der Waals surface area contributed by atoms with Crippen molar-refractivity contribution in [1.82, 2.24) is 0 Å². The number of halogens is 4. The van der Waals surface area contributed by atoms with Gasteiger partial charge in [0.15, 0.2) is 0 Å². The van der Waals surface area contributed by atoms with E-state index in [1.54, 1.807) is 0 Å². The third-order valence-electron chi connectivity index (χ3n) is 2.31. The Bertz CT molecular complexity index is 631. The first-order valence-corrected chi connectivity index (χ1v) is 8.56. The second-order valence-corrected chi connectivity index (χ2v) is 7.05. The van der Waals surface area contributed by atoms with Crippen LogP contribution in [0.1, 0.15) is 30.1 Å². The van der Waals surface area contributed by atoms with Gasteiger partial charge in [-0.25, -0.2) is 17.6 Å². The first-order valence-electron chi connectivity index (χ1n) is 5.49. The molecule has 20 heavy (non-hydrogen) atoms. The molecule has 9 heteroatoms. The molecule has 0 radical (unpaired) electrons. The maximum Gasteiger partial charge on any atom is 0.339 e. The van der Waals surface area contributed by atoms with Gasteiger partial charge in [-0.05, 0) is 12.5 Å². The summed E-state index contributed by atoms with van der Waals surface area (Å²) in [5.74, 6) is -2.07. The van der Waals surface area contributed by atoms with Crippen LogP contribution in [0.5, 0.6) is 0 Å². The molecule has 0 aromatic heterocycles. The van der Waals surface area contributed by atoms with Gasteiger partial charge >= 0.3 is 5.97 Å². The molecule has 0 aliphatic rings. The van der Waals surface area contributed by atoms with E-state index < -0.39 is 41.3 Å². The van der Waals surface area contributed by atoms with E-state index in [4.69, 9.17) is 38.6 Å². The second kappa shape index (κ2) is 6.93. The van der Waals surface area contributed by atoms with Crippen molar-refractivity contribution in [3.05, 3.63) is 27.5 Å². The van der Waals surface area contributed by atoms with Crippen molar-refractivity contribution < 1.29 is 22.3 Å². The van der Waals surface area contributed by atoms with E-state index in [2.05, 4.69) is 0 Å². The summed E-state index contributed by atoms with van der Waals surface area (Å²) in [5.41, 5.74) is -0.441. The monoisotopic (exact) mass is 362 g/mol. The van der Waals surface area contributed by atoms with Crippen LogP contribution in [0.15, 0.2) is 11.0 Å². The topological polar surface area (TPSA) is 60.4 Å². The number of hydrogen-bond donors (Lipinski definition) is 0. The highest BCUT2D eigenvalue weighted by atomic mass is 35.7. The Morgan fingerprint density at radius 3 is 2.45 bits per heavy atom. The Hall–Kier alpha value is -0.560. The second-order valence-electron chi connectivity index (χ2n) is 3.79. The minimum atomic E-state index is -4.41. The number of benzene rings is 1. The van der Waals surface area contributed by atoms with Crippen LogP contribution in [-0.2, 0) is 13.8 Å². The summed E-state index contributed by atoms with van der Waals surface area (Å²) < 4.78 is 41.1. The zero-order valence-electron chi connectivity index (χ0n) is 10.3. The maximum absolute atomic E-state index is 13.6. The van der Waals surface area contributed by atoms with Gasteiger partial charge in [0.25, 0.3) is 9.05 Å². The van der Waals surface area contributed by atoms with Crippen molar-refractivity contribution in [2.45, 2.75) is 24.7 Å². The lowest BCUT2D eigenvalue weighted by Crippen LogP contribution is -2.10. The molecule has 0 saturated carbocycles. The number of carbonyl (C=O) groups excluding carboxylic acids is 1. The molecule has 0 heterocycles. The SMILES string of the molecule is CCCCOC(=O)c1cc(F)c(Cl)c(S(=O)(=O)Cl)c1Cl. The van der Waals surface area contributed by atoms with Crippen molar-refractivity contribution >= 4 is 48.9 Å². The van der Waals surface area contributed by atoms with Gasteiger partial charge in [-0.15, -0.1) is 0 Å². The van der Waals surface area contributed by atoms with Gasteiger partial charge in [0.2, 0.25) is 0 Å². The molecule has 0 fully saturated rings. The zero-order valence-corrected chi connectivity index (χ0v) is 13.3. The number of unbranched alkanes of at least 4 members (excludes halogenated alkanes) is 1. The van der Waals surface area contributed by atoms with Crippen molar-refractivity contribution in [2.75, 3.05) is 6.61 Å². The fourth-order valence-corrected chi connectivity index (χ4v) is 3.70. The average Bonchev–Trinajstić information content (AvgIpc) is 2.32. The van der Waals surface area contributed by atoms with E-state index in [1.807, 2.05) is 6.92 Å². The molecule has 0 bridgehead atoms. The van der Waals surface area contributed by atoms with Crippen LogP contribution in [0.2, 0.25) is 10.0 Å². The number of carbonyl (C=O) groups is 1. The fourth-order valence-electron chi connectivity index (χ4n) is 1.33. The molecule has 0 atom stereocenters. The van der Waals surface area contributed by atoms with Gasteiger partial charge in [0.05, 0.1) is 22.2 Å². The Morgan fingerprint density at radius 1 is 1.35 bits per heavy atom. The van der Waals surface area contributed by atoms with Crippen LogP contribution >= 0.6 is 33.9 Å². The Labute approximate surface area is 130 Å². The Morgan fingerprint density at radius 2 is 1.95 bits per heavy atom. The maximum atomic E-state index is 13.6. The molecule has 0 aliphatic carbocycles. The quantitative estimate of drug-likeness (QED) is 0.343. The number of rotatable bonds is 5. The first kappa shape index (κ1) is 17.5. The summed E-state index contributed by atoms with van der Waals surface area (Å²) in [5, 5.41) is -1.33. The molecule has 0 amide bonds. The van der Waals surface area contributed by atoms with Crippen LogP contribution in [-0.4, -0.2) is 21.0 Å². The number of esters is 1. The van der Waals surface area contributed by atoms with E-state index in [-0.39, 0.29) is 6.61 Å². The third kappa shape index (κ3) is 3.97. The van der Waals surface area contributed by atoms with E-state index in [9.17, 15) is 17.6 Å². The lowest BCUT2D eigenvalue weighted by molar-refractivity contribution is 0.0499. The van der Waals surface area contributed by atoms with Crippen LogP contribution < -0.4 is 0 Å². The summed E-state index contributed by atoms with van der Waals surface area (Å²) >= 11 is 11.3. The summed E-state index contributed by atoms with van der Waals surface area (Å²) in [6.07, 6.45) is 1.40. The van der Waals surface area contributed by atoms with Gasteiger partial charge in [-0.1, -0.05) is 36.5 Å². The van der Waals surface area contributed by atoms with E-state index in [0.717, 1.165) is 6.42 Å². The molecule has 0 unspecified atom stereocenters. The molecule has 1 rings (SSSR count). The molecular weight excluding hydrogens is 354 g/mol. The van der Waals surface area contributed by atoms with E-state index in [0.29, 0.717) is 12.5 Å². The lowest BCUT2D eigenvalue weighted by atomic mass is 10.2. The molecular formula is C11H10Cl3FO4S. The minimum absolute atomic E-state index is 0.110.